The highest BCUT2D eigenvalue weighted by atomic mass is 16.5. The number of benzene rings is 1. The first-order valence-corrected chi connectivity index (χ1v) is 8.75. The van der Waals surface area contributed by atoms with Crippen molar-refractivity contribution in [2.75, 3.05) is 37.7 Å². The summed E-state index contributed by atoms with van der Waals surface area (Å²) in [6, 6.07) is 10.3. The van der Waals surface area contributed by atoms with Gasteiger partial charge in [-0.3, -0.25) is 4.79 Å². The van der Waals surface area contributed by atoms with Crippen molar-refractivity contribution in [1.29, 1.82) is 0 Å². The van der Waals surface area contributed by atoms with Crippen LogP contribution in [0.15, 0.2) is 30.3 Å². The summed E-state index contributed by atoms with van der Waals surface area (Å²) < 4.78 is 5.33. The summed E-state index contributed by atoms with van der Waals surface area (Å²) in [5.41, 5.74) is 3.20. The molecular weight excluding hydrogens is 316 g/mol. The van der Waals surface area contributed by atoms with E-state index in [2.05, 4.69) is 39.1 Å². The molecule has 0 saturated carbocycles. The highest BCUT2D eigenvalue weighted by Crippen LogP contribution is 2.24. The third-order valence-corrected chi connectivity index (χ3v) is 4.80. The molecule has 0 spiro atoms. The summed E-state index contributed by atoms with van der Waals surface area (Å²) in [6.45, 7) is 5.98. The van der Waals surface area contributed by atoms with Crippen LogP contribution in [0.4, 0.5) is 5.82 Å². The molecule has 25 heavy (non-hydrogen) atoms. The number of nitrogens with zero attached hydrogens (tertiary/aromatic N) is 4. The van der Waals surface area contributed by atoms with Gasteiger partial charge in [-0.15, -0.1) is 0 Å². The van der Waals surface area contributed by atoms with E-state index in [4.69, 9.17) is 4.74 Å². The standard InChI is InChI=1S/C19H22N4O2/c1-14-20-17(19(24)22-8-10-25-11-9-22)12-18(21-14)23-7-6-15-4-2-3-5-16(15)13-23/h2-5,12H,6-11,13H2,1H3. The number of amides is 1. The molecule has 1 aromatic carbocycles. The summed E-state index contributed by atoms with van der Waals surface area (Å²) in [5, 5.41) is 0. The summed E-state index contributed by atoms with van der Waals surface area (Å²) in [4.78, 5) is 25.7. The molecule has 0 N–H and O–H groups in total. The van der Waals surface area contributed by atoms with Crippen molar-refractivity contribution >= 4 is 11.7 Å². The molecule has 3 heterocycles. The van der Waals surface area contributed by atoms with Crippen LogP contribution in [0.1, 0.15) is 27.4 Å². The number of anilines is 1. The lowest BCUT2D eigenvalue weighted by Gasteiger charge is -2.30. The van der Waals surface area contributed by atoms with Crippen molar-refractivity contribution in [2.45, 2.75) is 19.9 Å². The van der Waals surface area contributed by atoms with Crippen molar-refractivity contribution in [3.63, 3.8) is 0 Å². The number of hydrogen-bond donors (Lipinski definition) is 0. The molecule has 4 rings (SSSR count). The van der Waals surface area contributed by atoms with Crippen LogP contribution in [0.5, 0.6) is 0 Å². The molecule has 0 bridgehead atoms. The number of rotatable bonds is 2. The van der Waals surface area contributed by atoms with Crippen LogP contribution >= 0.6 is 0 Å². The average Bonchev–Trinajstić information content (AvgIpc) is 2.67. The van der Waals surface area contributed by atoms with Crippen LogP contribution in [0.25, 0.3) is 0 Å². The largest absolute Gasteiger partial charge is 0.378 e. The van der Waals surface area contributed by atoms with Gasteiger partial charge >= 0.3 is 0 Å². The average molecular weight is 338 g/mol. The van der Waals surface area contributed by atoms with Crippen LogP contribution in [0, 0.1) is 6.92 Å². The van der Waals surface area contributed by atoms with Crippen LogP contribution in [0.3, 0.4) is 0 Å². The maximum atomic E-state index is 12.7. The monoisotopic (exact) mass is 338 g/mol. The minimum Gasteiger partial charge on any atom is -0.378 e. The number of fused-ring (bicyclic) bond motifs is 1. The van der Waals surface area contributed by atoms with E-state index in [0.29, 0.717) is 37.8 Å². The Morgan fingerprint density at radius 2 is 1.84 bits per heavy atom. The van der Waals surface area contributed by atoms with Gasteiger partial charge in [0.25, 0.3) is 5.91 Å². The van der Waals surface area contributed by atoms with Crippen molar-refractivity contribution < 1.29 is 9.53 Å². The van der Waals surface area contributed by atoms with E-state index in [9.17, 15) is 4.79 Å². The lowest BCUT2D eigenvalue weighted by atomic mass is 10.00. The number of aryl methyl sites for hydroxylation is 1. The maximum Gasteiger partial charge on any atom is 0.272 e. The van der Waals surface area contributed by atoms with Crippen molar-refractivity contribution in [1.82, 2.24) is 14.9 Å². The summed E-state index contributed by atoms with van der Waals surface area (Å²) >= 11 is 0. The third-order valence-electron chi connectivity index (χ3n) is 4.80. The van der Waals surface area contributed by atoms with E-state index < -0.39 is 0 Å². The Morgan fingerprint density at radius 3 is 2.64 bits per heavy atom. The molecule has 2 aliphatic rings. The molecule has 2 aromatic rings. The number of aromatic nitrogens is 2. The van der Waals surface area contributed by atoms with Crippen molar-refractivity contribution in [3.05, 3.63) is 53.0 Å². The van der Waals surface area contributed by atoms with Gasteiger partial charge in [0.2, 0.25) is 0 Å². The van der Waals surface area contributed by atoms with Gasteiger partial charge in [-0.1, -0.05) is 24.3 Å². The Balaban J connectivity index is 1.59. The topological polar surface area (TPSA) is 58.6 Å². The van der Waals surface area contributed by atoms with Gasteiger partial charge in [0.05, 0.1) is 13.2 Å². The van der Waals surface area contributed by atoms with E-state index in [-0.39, 0.29) is 5.91 Å². The Bertz CT molecular complexity index is 787. The van der Waals surface area contributed by atoms with Gasteiger partial charge in [0.1, 0.15) is 17.3 Å². The van der Waals surface area contributed by atoms with Gasteiger partial charge in [-0.25, -0.2) is 9.97 Å². The normalized spacial score (nSPS) is 17.3. The first kappa shape index (κ1) is 16.0. The fourth-order valence-corrected chi connectivity index (χ4v) is 3.44. The highest BCUT2D eigenvalue weighted by molar-refractivity contribution is 5.93. The molecule has 0 unspecified atom stereocenters. The fraction of sp³-hybridized carbons (Fsp3) is 0.421. The van der Waals surface area contributed by atoms with Gasteiger partial charge in [0.15, 0.2) is 0 Å². The summed E-state index contributed by atoms with van der Waals surface area (Å²) in [6.07, 6.45) is 0.992. The first-order chi connectivity index (χ1) is 12.2. The molecular formula is C19H22N4O2. The quantitative estimate of drug-likeness (QED) is 0.836. The number of carbonyl (C=O) groups excluding carboxylic acids is 1. The zero-order chi connectivity index (χ0) is 17.2. The van der Waals surface area contributed by atoms with E-state index >= 15 is 0 Å². The number of ether oxygens (including phenoxy) is 1. The minimum atomic E-state index is -0.0348. The van der Waals surface area contributed by atoms with Crippen LogP contribution < -0.4 is 4.90 Å². The Morgan fingerprint density at radius 1 is 1.08 bits per heavy atom. The summed E-state index contributed by atoms with van der Waals surface area (Å²) in [5.74, 6) is 1.43. The summed E-state index contributed by atoms with van der Waals surface area (Å²) in [7, 11) is 0. The molecule has 1 amide bonds. The number of hydrogen-bond acceptors (Lipinski definition) is 5. The van der Waals surface area contributed by atoms with Gasteiger partial charge in [-0.05, 0) is 24.5 Å². The fourth-order valence-electron chi connectivity index (χ4n) is 3.44. The van der Waals surface area contributed by atoms with Crippen molar-refractivity contribution in [2.24, 2.45) is 0 Å². The van der Waals surface area contributed by atoms with Crippen molar-refractivity contribution in [3.8, 4) is 0 Å². The SMILES string of the molecule is Cc1nc(C(=O)N2CCOCC2)cc(N2CCc3ccccc3C2)n1. The number of morpholine rings is 1. The molecule has 1 saturated heterocycles. The first-order valence-electron chi connectivity index (χ1n) is 8.75. The molecule has 1 fully saturated rings. The molecule has 0 aliphatic carbocycles. The molecule has 6 heteroatoms. The predicted molar refractivity (Wildman–Crippen MR) is 94.7 cm³/mol. The molecule has 130 valence electrons. The number of carbonyl (C=O) groups is 1. The van der Waals surface area contributed by atoms with Crippen LogP contribution in [-0.2, 0) is 17.7 Å². The lowest BCUT2D eigenvalue weighted by Crippen LogP contribution is -2.41. The smallest absolute Gasteiger partial charge is 0.272 e. The molecule has 2 aliphatic heterocycles. The maximum absolute atomic E-state index is 12.7. The molecule has 0 atom stereocenters. The molecule has 6 nitrogen and oxygen atoms in total. The minimum absolute atomic E-state index is 0.0348. The highest BCUT2D eigenvalue weighted by Gasteiger charge is 2.23. The molecule has 1 aromatic heterocycles. The zero-order valence-corrected chi connectivity index (χ0v) is 14.4. The Hall–Kier alpha value is -2.47. The van der Waals surface area contributed by atoms with Gasteiger partial charge in [-0.2, -0.15) is 0 Å². The second-order valence-corrected chi connectivity index (χ2v) is 6.50. The lowest BCUT2D eigenvalue weighted by molar-refractivity contribution is 0.0299. The second kappa shape index (κ2) is 6.80. The van der Waals surface area contributed by atoms with E-state index in [0.717, 1.165) is 25.3 Å². The van der Waals surface area contributed by atoms with Gasteiger partial charge in [0, 0.05) is 32.2 Å². The Kier molecular flexibility index (Phi) is 4.36. The van der Waals surface area contributed by atoms with E-state index in [1.54, 1.807) is 4.90 Å². The van der Waals surface area contributed by atoms with Crippen LogP contribution in [-0.4, -0.2) is 53.6 Å². The Labute approximate surface area is 147 Å². The van der Waals surface area contributed by atoms with E-state index in [1.807, 2.05) is 13.0 Å². The van der Waals surface area contributed by atoms with Gasteiger partial charge < -0.3 is 14.5 Å². The van der Waals surface area contributed by atoms with E-state index in [1.165, 1.54) is 11.1 Å². The predicted octanol–water partition coefficient (Wildman–Crippen LogP) is 1.82. The second-order valence-electron chi connectivity index (χ2n) is 6.50. The van der Waals surface area contributed by atoms with Crippen LogP contribution in [0.2, 0.25) is 0 Å². The molecule has 0 radical (unpaired) electrons. The third kappa shape index (κ3) is 3.35. The zero-order valence-electron chi connectivity index (χ0n) is 14.4.